The lowest BCUT2D eigenvalue weighted by Crippen LogP contribution is -2.01. The molecule has 1 N–H and O–H groups in total. The van der Waals surface area contributed by atoms with Crippen molar-refractivity contribution in [1.29, 1.82) is 0 Å². The van der Waals surface area contributed by atoms with Crippen LogP contribution in [0, 0.1) is 0 Å². The fourth-order valence-corrected chi connectivity index (χ4v) is 2.82. The fourth-order valence-electron chi connectivity index (χ4n) is 2.82. The van der Waals surface area contributed by atoms with Gasteiger partial charge in [-0.2, -0.15) is 5.10 Å². The van der Waals surface area contributed by atoms with E-state index in [4.69, 9.17) is 0 Å². The number of nitrogens with one attached hydrogen (secondary N) is 1. The Morgan fingerprint density at radius 2 is 1.83 bits per heavy atom. The molecule has 0 amide bonds. The van der Waals surface area contributed by atoms with E-state index in [0.29, 0.717) is 6.54 Å². The molecular weight excluding hydrogens is 298 g/mol. The third-order valence-corrected chi connectivity index (χ3v) is 3.92. The van der Waals surface area contributed by atoms with Crippen molar-refractivity contribution in [3.8, 4) is 11.3 Å². The van der Waals surface area contributed by atoms with E-state index in [1.165, 1.54) is 0 Å². The van der Waals surface area contributed by atoms with E-state index >= 15 is 0 Å². The van der Waals surface area contributed by atoms with E-state index in [1.54, 1.807) is 12.4 Å². The van der Waals surface area contributed by atoms with Gasteiger partial charge in [0.25, 0.3) is 0 Å². The Morgan fingerprint density at radius 1 is 0.958 bits per heavy atom. The van der Waals surface area contributed by atoms with Gasteiger partial charge in [0.05, 0.1) is 16.9 Å². The van der Waals surface area contributed by atoms with Crippen LogP contribution in [0.3, 0.4) is 0 Å². The Labute approximate surface area is 140 Å². The number of aryl methyl sites for hydroxylation is 1. The summed E-state index contributed by atoms with van der Waals surface area (Å²) >= 11 is 0. The van der Waals surface area contributed by atoms with Crippen LogP contribution >= 0.6 is 0 Å². The summed E-state index contributed by atoms with van der Waals surface area (Å²) in [5, 5.41) is 8.08. The Hall–Kier alpha value is -3.21. The SMILES string of the molecule is Cn1cc(CNc2ccnc3cccnc23)c(-c2ccccc2)n1. The van der Waals surface area contributed by atoms with Gasteiger partial charge < -0.3 is 5.32 Å². The number of nitrogens with zero attached hydrogens (tertiary/aromatic N) is 4. The molecule has 24 heavy (non-hydrogen) atoms. The number of rotatable bonds is 4. The molecule has 5 nitrogen and oxygen atoms in total. The summed E-state index contributed by atoms with van der Waals surface area (Å²) in [4.78, 5) is 8.78. The summed E-state index contributed by atoms with van der Waals surface area (Å²) in [5.74, 6) is 0. The highest BCUT2D eigenvalue weighted by molar-refractivity contribution is 5.86. The number of anilines is 1. The van der Waals surface area contributed by atoms with Crippen molar-refractivity contribution in [2.24, 2.45) is 7.05 Å². The quantitative estimate of drug-likeness (QED) is 0.624. The van der Waals surface area contributed by atoms with Crippen LogP contribution in [-0.4, -0.2) is 19.7 Å². The Morgan fingerprint density at radius 3 is 2.71 bits per heavy atom. The molecule has 5 heteroatoms. The van der Waals surface area contributed by atoms with Crippen LogP contribution in [-0.2, 0) is 13.6 Å². The molecule has 3 heterocycles. The second-order valence-electron chi connectivity index (χ2n) is 5.63. The number of hydrogen-bond acceptors (Lipinski definition) is 4. The topological polar surface area (TPSA) is 55.6 Å². The van der Waals surface area contributed by atoms with Gasteiger partial charge >= 0.3 is 0 Å². The number of hydrogen-bond donors (Lipinski definition) is 1. The molecule has 0 saturated carbocycles. The largest absolute Gasteiger partial charge is 0.379 e. The van der Waals surface area contributed by atoms with Crippen LogP contribution in [0.1, 0.15) is 5.56 Å². The normalized spacial score (nSPS) is 10.9. The number of fused-ring (bicyclic) bond motifs is 1. The summed E-state index contributed by atoms with van der Waals surface area (Å²) in [6, 6.07) is 16.0. The second kappa shape index (κ2) is 6.12. The van der Waals surface area contributed by atoms with Crippen LogP contribution < -0.4 is 5.32 Å². The van der Waals surface area contributed by atoms with E-state index in [9.17, 15) is 0 Å². The Balaban J connectivity index is 1.65. The molecule has 0 spiro atoms. The molecule has 0 aliphatic carbocycles. The predicted molar refractivity (Wildman–Crippen MR) is 95.5 cm³/mol. The second-order valence-corrected chi connectivity index (χ2v) is 5.63. The molecule has 4 rings (SSSR count). The van der Waals surface area contributed by atoms with Gasteiger partial charge in [-0.05, 0) is 18.2 Å². The maximum absolute atomic E-state index is 4.60. The fraction of sp³-hybridized carbons (Fsp3) is 0.105. The molecule has 0 bridgehead atoms. The lowest BCUT2D eigenvalue weighted by molar-refractivity contribution is 0.770. The van der Waals surface area contributed by atoms with Crippen molar-refractivity contribution in [3.63, 3.8) is 0 Å². The van der Waals surface area contributed by atoms with Gasteiger partial charge in [-0.25, -0.2) is 0 Å². The molecule has 0 aliphatic rings. The van der Waals surface area contributed by atoms with Crippen LogP contribution in [0.2, 0.25) is 0 Å². The first-order valence-corrected chi connectivity index (χ1v) is 7.83. The van der Waals surface area contributed by atoms with Crippen molar-refractivity contribution < 1.29 is 0 Å². The summed E-state index contributed by atoms with van der Waals surface area (Å²) in [7, 11) is 1.94. The van der Waals surface area contributed by atoms with Crippen molar-refractivity contribution in [1.82, 2.24) is 19.7 Å². The van der Waals surface area contributed by atoms with Gasteiger partial charge in [-0.3, -0.25) is 14.6 Å². The van der Waals surface area contributed by atoms with E-state index in [-0.39, 0.29) is 0 Å². The molecule has 0 atom stereocenters. The highest BCUT2D eigenvalue weighted by atomic mass is 15.3. The van der Waals surface area contributed by atoms with Gasteiger partial charge in [-0.1, -0.05) is 30.3 Å². The van der Waals surface area contributed by atoms with Crippen LogP contribution in [0.25, 0.3) is 22.3 Å². The monoisotopic (exact) mass is 315 g/mol. The maximum Gasteiger partial charge on any atom is 0.112 e. The predicted octanol–water partition coefficient (Wildman–Crippen LogP) is 3.64. The van der Waals surface area contributed by atoms with E-state index < -0.39 is 0 Å². The van der Waals surface area contributed by atoms with Gasteiger partial charge in [0.2, 0.25) is 0 Å². The highest BCUT2D eigenvalue weighted by Gasteiger charge is 2.10. The van der Waals surface area contributed by atoms with Crippen molar-refractivity contribution >= 4 is 16.7 Å². The van der Waals surface area contributed by atoms with E-state index in [0.717, 1.165) is 33.5 Å². The minimum Gasteiger partial charge on any atom is -0.379 e. The van der Waals surface area contributed by atoms with Gasteiger partial charge in [0.1, 0.15) is 5.52 Å². The van der Waals surface area contributed by atoms with Crippen LogP contribution in [0.15, 0.2) is 67.1 Å². The molecule has 4 aromatic rings. The van der Waals surface area contributed by atoms with Crippen LogP contribution in [0.5, 0.6) is 0 Å². The molecule has 0 unspecified atom stereocenters. The first-order valence-electron chi connectivity index (χ1n) is 7.83. The first-order chi connectivity index (χ1) is 11.8. The van der Waals surface area contributed by atoms with Gasteiger partial charge in [-0.15, -0.1) is 0 Å². The van der Waals surface area contributed by atoms with E-state index in [2.05, 4.69) is 32.5 Å². The Kier molecular flexibility index (Phi) is 3.67. The summed E-state index contributed by atoms with van der Waals surface area (Å²) < 4.78 is 1.85. The van der Waals surface area contributed by atoms with Crippen molar-refractivity contribution in [2.75, 3.05) is 5.32 Å². The van der Waals surface area contributed by atoms with Crippen LogP contribution in [0.4, 0.5) is 5.69 Å². The molecule has 0 aliphatic heterocycles. The first kappa shape index (κ1) is 14.4. The van der Waals surface area contributed by atoms with E-state index in [1.807, 2.05) is 54.3 Å². The van der Waals surface area contributed by atoms with Crippen molar-refractivity contribution in [3.05, 3.63) is 72.7 Å². The number of pyridine rings is 2. The minimum absolute atomic E-state index is 0.674. The summed E-state index contributed by atoms with van der Waals surface area (Å²) in [6.45, 7) is 0.674. The minimum atomic E-state index is 0.674. The van der Waals surface area contributed by atoms with Gasteiger partial charge in [0, 0.05) is 43.3 Å². The lowest BCUT2D eigenvalue weighted by atomic mass is 10.1. The zero-order valence-electron chi connectivity index (χ0n) is 13.3. The zero-order valence-corrected chi connectivity index (χ0v) is 13.3. The molecule has 0 saturated heterocycles. The highest BCUT2D eigenvalue weighted by Crippen LogP contribution is 2.24. The summed E-state index contributed by atoms with van der Waals surface area (Å²) in [6.07, 6.45) is 5.63. The van der Waals surface area contributed by atoms with Gasteiger partial charge in [0.15, 0.2) is 0 Å². The summed E-state index contributed by atoms with van der Waals surface area (Å²) in [5.41, 5.74) is 6.00. The average Bonchev–Trinajstić information content (AvgIpc) is 3.01. The zero-order chi connectivity index (χ0) is 16.4. The standard InChI is InChI=1S/C19H17N5/c1-24-13-15(18(23-24)14-6-3-2-4-7-14)12-22-17-9-11-20-16-8-5-10-21-19(16)17/h2-11,13H,12H2,1H3,(H,20,22). The third-order valence-electron chi connectivity index (χ3n) is 3.92. The smallest absolute Gasteiger partial charge is 0.112 e. The average molecular weight is 315 g/mol. The number of aromatic nitrogens is 4. The third kappa shape index (κ3) is 2.72. The molecule has 3 aromatic heterocycles. The van der Waals surface area contributed by atoms with Crippen molar-refractivity contribution in [2.45, 2.75) is 6.54 Å². The molecular formula is C19H17N5. The Bertz CT molecular complexity index is 970. The molecule has 1 aromatic carbocycles. The number of benzene rings is 1. The lowest BCUT2D eigenvalue weighted by Gasteiger charge is -2.08. The molecule has 0 radical (unpaired) electrons. The molecule has 118 valence electrons. The molecule has 0 fully saturated rings. The maximum atomic E-state index is 4.60.